The van der Waals surface area contributed by atoms with Gasteiger partial charge in [0.25, 0.3) is 11.5 Å². The molecule has 0 radical (unpaired) electrons. The first kappa shape index (κ1) is 12.2. The fourth-order valence-electron chi connectivity index (χ4n) is 1.17. The van der Waals surface area contributed by atoms with Crippen molar-refractivity contribution in [3.05, 3.63) is 26.8 Å². The fourth-order valence-corrected chi connectivity index (χ4v) is 1.44. The number of carbonyl (C=O) groups is 2. The molecule has 1 heterocycles. The number of nitrogens with zero attached hydrogens (tertiary/aromatic N) is 1. The summed E-state index contributed by atoms with van der Waals surface area (Å²) >= 11 is 5.46. The van der Waals surface area contributed by atoms with Crippen LogP contribution in [0.2, 0.25) is 5.02 Å². The van der Waals surface area contributed by atoms with Gasteiger partial charge in [-0.2, -0.15) is 4.39 Å². The lowest BCUT2D eigenvalue weighted by atomic mass is 10.2. The highest BCUT2D eigenvalue weighted by Gasteiger charge is 2.22. The quantitative estimate of drug-likeness (QED) is 0.727. The van der Waals surface area contributed by atoms with E-state index in [-0.39, 0.29) is 12.2 Å². The third-order valence-electron chi connectivity index (χ3n) is 1.92. The molecule has 16 heavy (non-hydrogen) atoms. The number of nitrogens with one attached hydrogen (secondary N) is 1. The number of nitrogens with two attached hydrogens (primary N) is 1. The van der Waals surface area contributed by atoms with Gasteiger partial charge in [-0.15, -0.1) is 0 Å². The van der Waals surface area contributed by atoms with Gasteiger partial charge in [0.2, 0.25) is 12.2 Å². The smallest absolute Gasteiger partial charge is 0.289 e. The predicted molar refractivity (Wildman–Crippen MR) is 54.9 cm³/mol. The largest absolute Gasteiger partial charge is 0.365 e. The van der Waals surface area contributed by atoms with Crippen LogP contribution in [0, 0.1) is 5.82 Å². The molecule has 86 valence electrons. The molecule has 0 aliphatic heterocycles. The lowest BCUT2D eigenvalue weighted by Crippen LogP contribution is -2.28. The molecule has 2 amide bonds. The summed E-state index contributed by atoms with van der Waals surface area (Å²) in [6, 6.07) is 0. The van der Waals surface area contributed by atoms with Crippen molar-refractivity contribution < 1.29 is 14.0 Å². The Morgan fingerprint density at radius 2 is 2.19 bits per heavy atom. The number of halogens is 2. The maximum atomic E-state index is 13.2. The molecule has 6 nitrogen and oxygen atoms in total. The van der Waals surface area contributed by atoms with Crippen molar-refractivity contribution >= 4 is 29.7 Å². The number of amides is 2. The molecule has 1 rings (SSSR count). The van der Waals surface area contributed by atoms with Crippen LogP contribution in [0.25, 0.3) is 0 Å². The summed E-state index contributed by atoms with van der Waals surface area (Å²) in [5.41, 5.74) is 3.45. The van der Waals surface area contributed by atoms with E-state index in [1.807, 2.05) is 0 Å². The zero-order chi connectivity index (χ0) is 12.5. The number of rotatable bonds is 3. The Bertz CT molecular complexity index is 526. The van der Waals surface area contributed by atoms with Crippen LogP contribution in [-0.2, 0) is 11.8 Å². The van der Waals surface area contributed by atoms with Gasteiger partial charge in [-0.1, -0.05) is 11.6 Å². The average molecular weight is 248 g/mol. The Kier molecular flexibility index (Phi) is 3.28. The standard InChI is InChI=1S/C8H7ClFN3O3/c1-13-7(12-2-14)3(6(11)15)4(9)5(10)8(13)16/h2H,1H3,(H2,11,15)(H,12,14). The van der Waals surface area contributed by atoms with Gasteiger partial charge < -0.3 is 11.1 Å². The number of pyridine rings is 1. The molecule has 0 fully saturated rings. The van der Waals surface area contributed by atoms with Crippen LogP contribution in [0.1, 0.15) is 10.4 Å². The molecule has 0 aromatic carbocycles. The predicted octanol–water partition coefficient (Wildman–Crippen LogP) is -0.155. The van der Waals surface area contributed by atoms with E-state index in [0.717, 1.165) is 4.57 Å². The van der Waals surface area contributed by atoms with Gasteiger partial charge in [0, 0.05) is 7.05 Å². The second kappa shape index (κ2) is 4.31. The second-order valence-electron chi connectivity index (χ2n) is 2.84. The van der Waals surface area contributed by atoms with Gasteiger partial charge in [-0.25, -0.2) is 0 Å². The minimum atomic E-state index is -1.30. The summed E-state index contributed by atoms with van der Waals surface area (Å²) in [4.78, 5) is 32.6. The molecular weight excluding hydrogens is 241 g/mol. The van der Waals surface area contributed by atoms with E-state index in [1.54, 1.807) is 0 Å². The highest BCUT2D eigenvalue weighted by Crippen LogP contribution is 2.23. The number of anilines is 1. The maximum Gasteiger partial charge on any atom is 0.289 e. The lowest BCUT2D eigenvalue weighted by molar-refractivity contribution is -0.105. The van der Waals surface area contributed by atoms with Crippen LogP contribution >= 0.6 is 11.6 Å². The fraction of sp³-hybridized carbons (Fsp3) is 0.125. The number of aromatic nitrogens is 1. The van der Waals surface area contributed by atoms with E-state index < -0.39 is 27.9 Å². The van der Waals surface area contributed by atoms with E-state index >= 15 is 0 Å². The Morgan fingerprint density at radius 3 is 2.62 bits per heavy atom. The van der Waals surface area contributed by atoms with Crippen molar-refractivity contribution in [2.24, 2.45) is 12.8 Å². The van der Waals surface area contributed by atoms with Crippen molar-refractivity contribution in [2.75, 3.05) is 5.32 Å². The molecule has 1 aromatic rings. The third-order valence-corrected chi connectivity index (χ3v) is 2.27. The maximum absolute atomic E-state index is 13.2. The minimum absolute atomic E-state index is 0.218. The van der Waals surface area contributed by atoms with Gasteiger partial charge >= 0.3 is 0 Å². The summed E-state index contributed by atoms with van der Waals surface area (Å²) < 4.78 is 14.0. The first-order valence-electron chi connectivity index (χ1n) is 3.99. The van der Waals surface area contributed by atoms with Crippen molar-refractivity contribution in [3.63, 3.8) is 0 Å². The number of hydrogen-bond donors (Lipinski definition) is 2. The SMILES string of the molecule is Cn1c(NC=O)c(C(N)=O)c(Cl)c(F)c1=O. The van der Waals surface area contributed by atoms with E-state index in [1.165, 1.54) is 7.05 Å². The normalized spacial score (nSPS) is 9.94. The molecule has 1 aromatic heterocycles. The number of hydrogen-bond acceptors (Lipinski definition) is 3. The van der Waals surface area contributed by atoms with E-state index in [0.29, 0.717) is 0 Å². The van der Waals surface area contributed by atoms with Crippen molar-refractivity contribution in [2.45, 2.75) is 0 Å². The van der Waals surface area contributed by atoms with E-state index in [2.05, 4.69) is 5.32 Å². The molecule has 3 N–H and O–H groups in total. The van der Waals surface area contributed by atoms with Gasteiger partial charge in [-0.3, -0.25) is 19.0 Å². The topological polar surface area (TPSA) is 94.2 Å². The summed E-state index contributed by atoms with van der Waals surface area (Å²) in [5.74, 6) is -2.60. The molecule has 0 unspecified atom stereocenters. The highest BCUT2D eigenvalue weighted by molar-refractivity contribution is 6.34. The second-order valence-corrected chi connectivity index (χ2v) is 3.22. The average Bonchev–Trinajstić information content (AvgIpc) is 2.23. The van der Waals surface area contributed by atoms with Gasteiger partial charge in [0.05, 0.1) is 5.02 Å². The van der Waals surface area contributed by atoms with Crippen LogP contribution in [-0.4, -0.2) is 16.9 Å². The van der Waals surface area contributed by atoms with Gasteiger partial charge in [0.15, 0.2) is 0 Å². The summed E-state index contributed by atoms with van der Waals surface area (Å²) in [6.07, 6.45) is 0.218. The van der Waals surface area contributed by atoms with Crippen LogP contribution < -0.4 is 16.6 Å². The summed E-state index contributed by atoms with van der Waals surface area (Å²) in [7, 11) is 1.17. The Balaban J connectivity index is 3.75. The summed E-state index contributed by atoms with van der Waals surface area (Å²) in [5, 5.41) is 1.36. The summed E-state index contributed by atoms with van der Waals surface area (Å²) in [6.45, 7) is 0. The van der Waals surface area contributed by atoms with Crippen LogP contribution in [0.4, 0.5) is 10.2 Å². The van der Waals surface area contributed by atoms with Crippen molar-refractivity contribution in [1.29, 1.82) is 0 Å². The van der Waals surface area contributed by atoms with Gasteiger partial charge in [0.1, 0.15) is 11.4 Å². The molecule has 0 aliphatic rings. The zero-order valence-electron chi connectivity index (χ0n) is 8.08. The van der Waals surface area contributed by atoms with E-state index in [9.17, 15) is 18.8 Å². The monoisotopic (exact) mass is 247 g/mol. The number of primary amides is 1. The van der Waals surface area contributed by atoms with Crippen molar-refractivity contribution in [3.8, 4) is 0 Å². The van der Waals surface area contributed by atoms with Crippen LogP contribution in [0.15, 0.2) is 4.79 Å². The molecular formula is C8H7ClFN3O3. The Hall–Kier alpha value is -1.89. The zero-order valence-corrected chi connectivity index (χ0v) is 8.84. The molecule has 0 atom stereocenters. The molecule has 0 bridgehead atoms. The molecule has 8 heteroatoms. The van der Waals surface area contributed by atoms with Crippen LogP contribution in [0.3, 0.4) is 0 Å². The lowest BCUT2D eigenvalue weighted by Gasteiger charge is -2.12. The molecule has 0 saturated heterocycles. The molecule has 0 aliphatic carbocycles. The van der Waals surface area contributed by atoms with E-state index in [4.69, 9.17) is 17.3 Å². The van der Waals surface area contributed by atoms with Gasteiger partial charge in [-0.05, 0) is 0 Å². The Labute approximate surface area is 93.8 Å². The Morgan fingerprint density at radius 1 is 1.62 bits per heavy atom. The van der Waals surface area contributed by atoms with Crippen LogP contribution in [0.5, 0.6) is 0 Å². The molecule has 0 saturated carbocycles. The number of carbonyl (C=O) groups excluding carboxylic acids is 2. The van der Waals surface area contributed by atoms with Crippen molar-refractivity contribution in [1.82, 2.24) is 4.57 Å². The highest BCUT2D eigenvalue weighted by atomic mass is 35.5. The minimum Gasteiger partial charge on any atom is -0.365 e. The first-order valence-corrected chi connectivity index (χ1v) is 4.37. The first-order chi connectivity index (χ1) is 7.41. The molecule has 0 spiro atoms. The third kappa shape index (κ3) is 1.76.